The van der Waals surface area contributed by atoms with E-state index in [1.807, 2.05) is 0 Å². The van der Waals surface area contributed by atoms with Crippen LogP contribution in [0, 0.1) is 6.92 Å². The van der Waals surface area contributed by atoms with Gasteiger partial charge in [-0.15, -0.1) is 0 Å². The van der Waals surface area contributed by atoms with Crippen molar-refractivity contribution in [2.75, 3.05) is 33.2 Å². The molecule has 0 aliphatic carbocycles. The SMILES string of the molecule is Cc1cc(O)c(CN2CCN(C)CC2)c2c1C(=O)/C(=C/c1c(Cl)cccc1Cl)O2. The van der Waals surface area contributed by atoms with Gasteiger partial charge in [0.1, 0.15) is 11.5 Å². The van der Waals surface area contributed by atoms with Crippen molar-refractivity contribution in [3.8, 4) is 11.5 Å². The van der Waals surface area contributed by atoms with Crippen LogP contribution in [0.3, 0.4) is 0 Å². The number of carbonyl (C=O) groups is 1. The van der Waals surface area contributed by atoms with Gasteiger partial charge in [0.2, 0.25) is 5.78 Å². The second kappa shape index (κ2) is 8.00. The van der Waals surface area contributed by atoms with Gasteiger partial charge in [-0.2, -0.15) is 0 Å². The number of aromatic hydroxyl groups is 1. The van der Waals surface area contributed by atoms with Gasteiger partial charge < -0.3 is 14.7 Å². The molecule has 1 N–H and O–H groups in total. The fourth-order valence-corrected chi connectivity index (χ4v) is 4.25. The molecule has 0 aromatic heterocycles. The van der Waals surface area contributed by atoms with Gasteiger partial charge in [0.15, 0.2) is 5.76 Å². The van der Waals surface area contributed by atoms with Crippen LogP contribution < -0.4 is 4.74 Å². The highest BCUT2D eigenvalue weighted by atomic mass is 35.5. The molecule has 29 heavy (non-hydrogen) atoms. The summed E-state index contributed by atoms with van der Waals surface area (Å²) >= 11 is 12.5. The number of carbonyl (C=O) groups excluding carboxylic acids is 1. The van der Waals surface area contributed by atoms with E-state index in [0.29, 0.717) is 44.6 Å². The Labute approximate surface area is 180 Å². The number of Topliss-reactive ketones (excluding diaryl/α,β-unsaturated/α-hetero) is 1. The lowest BCUT2D eigenvalue weighted by Crippen LogP contribution is -2.43. The smallest absolute Gasteiger partial charge is 0.232 e. The standard InChI is InChI=1S/C22H22Cl2N2O3/c1-13-10-18(27)15(12-26-8-6-25(2)7-9-26)22-20(13)21(28)19(29-22)11-14-16(23)4-3-5-17(14)24/h3-5,10-11,27H,6-9,12H2,1-2H3/b19-11-. The third-order valence-electron chi connectivity index (χ3n) is 5.47. The lowest BCUT2D eigenvalue weighted by molar-refractivity contribution is 0.101. The Balaban J connectivity index is 1.71. The van der Waals surface area contributed by atoms with Crippen LogP contribution in [0.4, 0.5) is 0 Å². The first-order chi connectivity index (χ1) is 13.8. The Bertz CT molecular complexity index is 991. The number of ether oxygens (including phenoxy) is 1. The number of nitrogens with zero attached hydrogens (tertiary/aromatic N) is 2. The van der Waals surface area contributed by atoms with Crippen molar-refractivity contribution in [3.63, 3.8) is 0 Å². The summed E-state index contributed by atoms with van der Waals surface area (Å²) in [6.07, 6.45) is 1.57. The van der Waals surface area contributed by atoms with Crippen LogP contribution in [0.1, 0.15) is 27.0 Å². The molecule has 0 bridgehead atoms. The van der Waals surface area contributed by atoms with Gasteiger partial charge >= 0.3 is 0 Å². The van der Waals surface area contributed by atoms with Gasteiger partial charge in [0, 0.05) is 48.3 Å². The number of allylic oxidation sites excluding steroid dienone is 1. The minimum absolute atomic E-state index is 0.144. The Morgan fingerprint density at radius 1 is 1.17 bits per heavy atom. The van der Waals surface area contributed by atoms with Crippen molar-refractivity contribution < 1.29 is 14.6 Å². The average Bonchev–Trinajstić information content (AvgIpc) is 3.00. The molecule has 0 amide bonds. The van der Waals surface area contributed by atoms with Gasteiger partial charge in [0.05, 0.1) is 11.1 Å². The minimum Gasteiger partial charge on any atom is -0.507 e. The lowest BCUT2D eigenvalue weighted by atomic mass is 9.99. The summed E-state index contributed by atoms with van der Waals surface area (Å²) < 4.78 is 5.99. The van der Waals surface area contributed by atoms with Gasteiger partial charge in [0.25, 0.3) is 0 Å². The molecule has 0 radical (unpaired) electrons. The Hall–Kier alpha value is -2.05. The van der Waals surface area contributed by atoms with Crippen LogP contribution >= 0.6 is 23.2 Å². The van der Waals surface area contributed by atoms with E-state index in [1.54, 1.807) is 37.3 Å². The Morgan fingerprint density at radius 2 is 1.83 bits per heavy atom. The van der Waals surface area contributed by atoms with Crippen LogP contribution in [0.25, 0.3) is 6.08 Å². The number of phenolic OH excluding ortho intramolecular Hbond substituents is 1. The van der Waals surface area contributed by atoms with Crippen LogP contribution in [-0.4, -0.2) is 53.9 Å². The maximum Gasteiger partial charge on any atom is 0.232 e. The van der Waals surface area contributed by atoms with Gasteiger partial charge in [-0.25, -0.2) is 0 Å². The maximum absolute atomic E-state index is 13.1. The minimum atomic E-state index is -0.229. The molecule has 2 heterocycles. The molecular formula is C22H22Cl2N2O3. The molecule has 2 aromatic rings. The molecule has 0 spiro atoms. The summed E-state index contributed by atoms with van der Waals surface area (Å²) in [6, 6.07) is 6.80. The number of rotatable bonds is 3. The molecule has 2 aromatic carbocycles. The number of aryl methyl sites for hydroxylation is 1. The van der Waals surface area contributed by atoms with E-state index >= 15 is 0 Å². The molecule has 1 fully saturated rings. The van der Waals surface area contributed by atoms with E-state index in [4.69, 9.17) is 27.9 Å². The molecule has 0 saturated carbocycles. The number of likely N-dealkylation sites (N-methyl/N-ethyl adjacent to an activating group) is 1. The molecule has 0 unspecified atom stereocenters. The summed E-state index contributed by atoms with van der Waals surface area (Å²) in [4.78, 5) is 17.6. The van der Waals surface area contributed by atoms with Crippen molar-refractivity contribution in [3.05, 3.63) is 62.3 Å². The quantitative estimate of drug-likeness (QED) is 0.729. The highest BCUT2D eigenvalue weighted by Gasteiger charge is 2.34. The summed E-state index contributed by atoms with van der Waals surface area (Å²) in [5.74, 6) is 0.502. The van der Waals surface area contributed by atoms with E-state index in [9.17, 15) is 9.90 Å². The number of ketones is 1. The van der Waals surface area contributed by atoms with Crippen LogP contribution in [0.5, 0.6) is 11.5 Å². The third kappa shape index (κ3) is 3.88. The predicted octanol–water partition coefficient (Wildman–Crippen LogP) is 4.37. The second-order valence-electron chi connectivity index (χ2n) is 7.55. The lowest BCUT2D eigenvalue weighted by Gasteiger charge is -2.32. The maximum atomic E-state index is 13.1. The average molecular weight is 433 g/mol. The first-order valence-electron chi connectivity index (χ1n) is 9.49. The number of hydrogen-bond donors (Lipinski definition) is 1. The van der Waals surface area contributed by atoms with Crippen LogP contribution in [0.2, 0.25) is 10.0 Å². The summed E-state index contributed by atoms with van der Waals surface area (Å²) in [6.45, 7) is 6.03. The van der Waals surface area contributed by atoms with Crippen molar-refractivity contribution in [1.29, 1.82) is 0 Å². The number of halogens is 2. The van der Waals surface area contributed by atoms with E-state index in [2.05, 4.69) is 16.8 Å². The number of fused-ring (bicyclic) bond motifs is 1. The van der Waals surface area contributed by atoms with Gasteiger partial charge in [-0.3, -0.25) is 9.69 Å². The van der Waals surface area contributed by atoms with Crippen LogP contribution in [0.15, 0.2) is 30.0 Å². The van der Waals surface area contributed by atoms with Crippen molar-refractivity contribution in [2.45, 2.75) is 13.5 Å². The number of phenols is 1. The zero-order valence-electron chi connectivity index (χ0n) is 16.3. The highest BCUT2D eigenvalue weighted by molar-refractivity contribution is 6.37. The largest absolute Gasteiger partial charge is 0.507 e. The molecule has 2 aliphatic heterocycles. The molecule has 5 nitrogen and oxygen atoms in total. The first-order valence-corrected chi connectivity index (χ1v) is 10.3. The van der Waals surface area contributed by atoms with Crippen molar-refractivity contribution in [2.24, 2.45) is 0 Å². The van der Waals surface area contributed by atoms with Crippen LogP contribution in [-0.2, 0) is 6.54 Å². The highest BCUT2D eigenvalue weighted by Crippen LogP contribution is 2.43. The monoisotopic (exact) mass is 432 g/mol. The normalized spacial score (nSPS) is 18.9. The zero-order chi connectivity index (χ0) is 20.7. The number of piperazine rings is 1. The topological polar surface area (TPSA) is 53.0 Å². The van der Waals surface area contributed by atoms with Crippen molar-refractivity contribution in [1.82, 2.24) is 9.80 Å². The van der Waals surface area contributed by atoms with Gasteiger partial charge in [-0.05, 0) is 43.8 Å². The molecule has 0 atom stereocenters. The molecular weight excluding hydrogens is 411 g/mol. The van der Waals surface area contributed by atoms with E-state index in [1.165, 1.54) is 0 Å². The Morgan fingerprint density at radius 3 is 2.48 bits per heavy atom. The Kier molecular flexibility index (Phi) is 5.58. The summed E-state index contributed by atoms with van der Waals surface area (Å²) in [5.41, 5.74) is 2.34. The first kappa shape index (κ1) is 20.2. The molecule has 152 valence electrons. The zero-order valence-corrected chi connectivity index (χ0v) is 17.8. The third-order valence-corrected chi connectivity index (χ3v) is 6.13. The summed E-state index contributed by atoms with van der Waals surface area (Å²) in [5, 5.41) is 11.5. The summed E-state index contributed by atoms with van der Waals surface area (Å²) in [7, 11) is 2.09. The molecule has 2 aliphatic rings. The van der Waals surface area contributed by atoms with E-state index in [0.717, 1.165) is 26.2 Å². The molecule has 7 heteroatoms. The molecule has 4 rings (SSSR count). The van der Waals surface area contributed by atoms with Gasteiger partial charge in [-0.1, -0.05) is 29.3 Å². The van der Waals surface area contributed by atoms with E-state index in [-0.39, 0.29) is 17.3 Å². The van der Waals surface area contributed by atoms with E-state index < -0.39 is 0 Å². The predicted molar refractivity (Wildman–Crippen MR) is 115 cm³/mol. The fraction of sp³-hybridized carbons (Fsp3) is 0.318. The second-order valence-corrected chi connectivity index (χ2v) is 8.36. The number of hydrogen-bond acceptors (Lipinski definition) is 5. The number of benzene rings is 2. The van der Waals surface area contributed by atoms with Crippen molar-refractivity contribution >= 4 is 35.1 Å². The molecule has 1 saturated heterocycles. The fourth-order valence-electron chi connectivity index (χ4n) is 3.74.